The largest absolute Gasteiger partial charge is 0.494 e. The van der Waals surface area contributed by atoms with E-state index >= 15 is 0 Å². The lowest BCUT2D eigenvalue weighted by Crippen LogP contribution is -2.28. The van der Waals surface area contributed by atoms with Gasteiger partial charge in [0.15, 0.2) is 0 Å². The number of ether oxygens (including phenoxy) is 2. The lowest BCUT2D eigenvalue weighted by Gasteiger charge is -2.19. The van der Waals surface area contributed by atoms with E-state index < -0.39 is 32.3 Å². The molecule has 2 aromatic rings. The molecule has 26 heavy (non-hydrogen) atoms. The predicted octanol–water partition coefficient (Wildman–Crippen LogP) is 2.83. The van der Waals surface area contributed by atoms with E-state index in [1.807, 2.05) is 6.92 Å². The van der Waals surface area contributed by atoms with Crippen LogP contribution in [0.2, 0.25) is 0 Å². The summed E-state index contributed by atoms with van der Waals surface area (Å²) in [6.07, 6.45) is 0. The maximum absolute atomic E-state index is 14.0. The van der Waals surface area contributed by atoms with Crippen molar-refractivity contribution in [1.29, 1.82) is 0 Å². The van der Waals surface area contributed by atoms with Crippen LogP contribution < -0.4 is 4.74 Å². The monoisotopic (exact) mass is 381 g/mol. The molecule has 0 unspecified atom stereocenters. The minimum Gasteiger partial charge on any atom is -0.494 e. The van der Waals surface area contributed by atoms with Gasteiger partial charge in [0.05, 0.1) is 18.6 Å². The fraction of sp³-hybridized carbons (Fsp3) is 0.278. The van der Waals surface area contributed by atoms with Gasteiger partial charge in [-0.05, 0) is 36.8 Å². The number of hydrogen-bond acceptors (Lipinski definition) is 5. The van der Waals surface area contributed by atoms with E-state index in [-0.39, 0.29) is 6.54 Å². The van der Waals surface area contributed by atoms with Crippen molar-refractivity contribution >= 4 is 16.0 Å². The van der Waals surface area contributed by atoms with Crippen LogP contribution in [0, 0.1) is 5.82 Å². The lowest BCUT2D eigenvalue weighted by molar-refractivity contribution is 0.0590. The van der Waals surface area contributed by atoms with E-state index in [1.54, 1.807) is 24.3 Å². The highest BCUT2D eigenvalue weighted by Gasteiger charge is 2.29. The van der Waals surface area contributed by atoms with Crippen molar-refractivity contribution in [1.82, 2.24) is 4.31 Å². The summed E-state index contributed by atoms with van der Waals surface area (Å²) in [5.41, 5.74) is 0.115. The molecule has 140 valence electrons. The molecule has 6 nitrogen and oxygen atoms in total. The number of sulfonamides is 1. The van der Waals surface area contributed by atoms with Gasteiger partial charge in [0.1, 0.15) is 17.1 Å². The van der Waals surface area contributed by atoms with Gasteiger partial charge >= 0.3 is 5.97 Å². The van der Waals surface area contributed by atoms with Crippen LogP contribution in [0.3, 0.4) is 0 Å². The van der Waals surface area contributed by atoms with E-state index in [9.17, 15) is 17.6 Å². The zero-order valence-electron chi connectivity index (χ0n) is 14.7. The topological polar surface area (TPSA) is 72.9 Å². The molecule has 0 saturated heterocycles. The highest BCUT2D eigenvalue weighted by Crippen LogP contribution is 2.24. The van der Waals surface area contributed by atoms with Gasteiger partial charge in [-0.3, -0.25) is 0 Å². The van der Waals surface area contributed by atoms with Gasteiger partial charge in [0.25, 0.3) is 0 Å². The molecule has 0 amide bonds. The van der Waals surface area contributed by atoms with Gasteiger partial charge in [-0.1, -0.05) is 18.2 Å². The Hall–Kier alpha value is -2.45. The van der Waals surface area contributed by atoms with Crippen LogP contribution in [0.5, 0.6) is 5.75 Å². The molecule has 8 heteroatoms. The molecule has 0 heterocycles. The van der Waals surface area contributed by atoms with Crippen molar-refractivity contribution in [3.8, 4) is 5.75 Å². The van der Waals surface area contributed by atoms with Crippen LogP contribution in [0.4, 0.5) is 4.39 Å². The summed E-state index contributed by atoms with van der Waals surface area (Å²) in [7, 11) is -1.68. The first-order valence-electron chi connectivity index (χ1n) is 7.86. The Morgan fingerprint density at radius 2 is 1.81 bits per heavy atom. The Bertz CT molecular complexity index is 881. The summed E-state index contributed by atoms with van der Waals surface area (Å²) in [6.45, 7) is 2.45. The Kier molecular flexibility index (Phi) is 6.33. The van der Waals surface area contributed by atoms with E-state index in [0.29, 0.717) is 12.4 Å². The summed E-state index contributed by atoms with van der Waals surface area (Å²) >= 11 is 0. The van der Waals surface area contributed by atoms with Crippen molar-refractivity contribution in [2.75, 3.05) is 20.8 Å². The van der Waals surface area contributed by atoms with Crippen molar-refractivity contribution in [2.45, 2.75) is 18.4 Å². The number of rotatable bonds is 7. The molecule has 0 aliphatic rings. The summed E-state index contributed by atoms with van der Waals surface area (Å²) in [4.78, 5) is 11.4. The number of carbonyl (C=O) groups excluding carboxylic acids is 1. The molecule has 0 saturated carbocycles. The van der Waals surface area contributed by atoms with Crippen molar-refractivity contribution in [3.05, 3.63) is 59.4 Å². The number of esters is 1. The molecular formula is C18H20FNO5S. The van der Waals surface area contributed by atoms with Crippen molar-refractivity contribution in [2.24, 2.45) is 0 Å². The van der Waals surface area contributed by atoms with Crippen LogP contribution in [0.1, 0.15) is 22.8 Å². The number of benzene rings is 2. The Labute approximate surface area is 152 Å². The number of nitrogens with zero attached hydrogens (tertiary/aromatic N) is 1. The normalized spacial score (nSPS) is 11.4. The van der Waals surface area contributed by atoms with Gasteiger partial charge in [0.2, 0.25) is 10.0 Å². The standard InChI is InChI=1S/C18H20FNO5S/c1-4-25-14-10-8-13(9-11-14)12-20(2)26(22,23)16-7-5-6-15(19)17(16)18(21)24-3/h5-11H,4,12H2,1-3H3. The highest BCUT2D eigenvalue weighted by atomic mass is 32.2. The quantitative estimate of drug-likeness (QED) is 0.690. The average molecular weight is 381 g/mol. The fourth-order valence-electron chi connectivity index (χ4n) is 2.39. The van der Waals surface area contributed by atoms with E-state index in [0.717, 1.165) is 23.0 Å². The summed E-state index contributed by atoms with van der Waals surface area (Å²) < 4.78 is 50.6. The third-order valence-electron chi connectivity index (χ3n) is 3.69. The third kappa shape index (κ3) is 4.20. The van der Waals surface area contributed by atoms with E-state index in [1.165, 1.54) is 19.2 Å². The molecule has 0 aromatic heterocycles. The Morgan fingerprint density at radius 3 is 2.38 bits per heavy atom. The first-order chi connectivity index (χ1) is 12.3. The molecule has 0 fully saturated rings. The summed E-state index contributed by atoms with van der Waals surface area (Å²) in [5, 5.41) is 0. The number of halogens is 1. The second-order valence-corrected chi connectivity index (χ2v) is 7.46. The molecule has 0 N–H and O–H groups in total. The third-order valence-corrected chi connectivity index (χ3v) is 5.54. The van der Waals surface area contributed by atoms with Crippen LogP contribution >= 0.6 is 0 Å². The Morgan fingerprint density at radius 1 is 1.15 bits per heavy atom. The molecule has 0 spiro atoms. The highest BCUT2D eigenvalue weighted by molar-refractivity contribution is 7.89. The maximum Gasteiger partial charge on any atom is 0.342 e. The molecule has 2 aromatic carbocycles. The SMILES string of the molecule is CCOc1ccc(CN(C)S(=O)(=O)c2cccc(F)c2C(=O)OC)cc1. The second-order valence-electron chi connectivity index (χ2n) is 5.44. The number of methoxy groups -OCH3 is 1. The number of hydrogen-bond donors (Lipinski definition) is 0. The Balaban J connectivity index is 2.32. The smallest absolute Gasteiger partial charge is 0.342 e. The molecule has 0 aliphatic heterocycles. The average Bonchev–Trinajstić information content (AvgIpc) is 2.62. The minimum atomic E-state index is -4.10. The first-order valence-corrected chi connectivity index (χ1v) is 9.30. The van der Waals surface area contributed by atoms with Gasteiger partial charge in [-0.15, -0.1) is 0 Å². The fourth-order valence-corrected chi connectivity index (χ4v) is 3.73. The molecule has 0 atom stereocenters. The maximum atomic E-state index is 14.0. The van der Waals surface area contributed by atoms with Gasteiger partial charge in [-0.2, -0.15) is 4.31 Å². The van der Waals surface area contributed by atoms with Gasteiger partial charge in [-0.25, -0.2) is 17.6 Å². The lowest BCUT2D eigenvalue weighted by atomic mass is 10.2. The molecule has 0 aliphatic carbocycles. The second kappa shape index (κ2) is 8.29. The van der Waals surface area contributed by atoms with Gasteiger partial charge in [0, 0.05) is 13.6 Å². The van der Waals surface area contributed by atoms with Crippen LogP contribution in [-0.2, 0) is 21.3 Å². The molecular weight excluding hydrogens is 361 g/mol. The molecule has 2 rings (SSSR count). The zero-order valence-corrected chi connectivity index (χ0v) is 15.5. The van der Waals surface area contributed by atoms with E-state index in [4.69, 9.17) is 4.74 Å². The molecule has 0 bridgehead atoms. The molecule has 0 radical (unpaired) electrons. The van der Waals surface area contributed by atoms with Gasteiger partial charge < -0.3 is 9.47 Å². The predicted molar refractivity (Wildman–Crippen MR) is 94.0 cm³/mol. The summed E-state index contributed by atoms with van der Waals surface area (Å²) in [5.74, 6) is -1.32. The van der Waals surface area contributed by atoms with Crippen molar-refractivity contribution in [3.63, 3.8) is 0 Å². The van der Waals surface area contributed by atoms with Crippen molar-refractivity contribution < 1.29 is 27.1 Å². The van der Waals surface area contributed by atoms with Crippen LogP contribution in [0.25, 0.3) is 0 Å². The zero-order chi connectivity index (χ0) is 19.3. The first kappa shape index (κ1) is 19.9. The summed E-state index contributed by atoms with van der Waals surface area (Å²) in [6, 6.07) is 10.4. The van der Waals surface area contributed by atoms with E-state index in [2.05, 4.69) is 4.74 Å². The van der Waals surface area contributed by atoms with Crippen LogP contribution in [-0.4, -0.2) is 39.5 Å². The number of carbonyl (C=O) groups is 1. The minimum absolute atomic E-state index is 0.0475. The van der Waals surface area contributed by atoms with Crippen LogP contribution in [0.15, 0.2) is 47.4 Å².